The van der Waals surface area contributed by atoms with Crippen molar-refractivity contribution in [3.63, 3.8) is 0 Å². The van der Waals surface area contributed by atoms with E-state index in [2.05, 4.69) is 4.98 Å². The van der Waals surface area contributed by atoms with E-state index >= 15 is 0 Å². The molecule has 0 fully saturated rings. The van der Waals surface area contributed by atoms with Crippen molar-refractivity contribution in [3.8, 4) is 17.0 Å². The minimum Gasteiger partial charge on any atom is -0.480 e. The molecule has 0 aliphatic rings. The van der Waals surface area contributed by atoms with Gasteiger partial charge in [-0.1, -0.05) is 34.8 Å². The number of benzene rings is 1. The first kappa shape index (κ1) is 14.1. The van der Waals surface area contributed by atoms with E-state index in [4.69, 9.17) is 39.5 Å². The fraction of sp³-hybridized carbons (Fsp3) is 0.0769. The maximum atomic E-state index is 11.0. The van der Waals surface area contributed by atoms with Gasteiger partial charge in [-0.15, -0.1) is 0 Å². The Labute approximate surface area is 125 Å². The number of pyridine rings is 1. The Morgan fingerprint density at radius 3 is 2.42 bits per heavy atom. The standard InChI is InChI=1S/C13H8Cl3NO2/c1-19-13-8(6-18)2-7(5-17-13)9-3-11(15)12(16)4-10(9)14/h2-6H,1H3. The van der Waals surface area contributed by atoms with Gasteiger partial charge in [0.2, 0.25) is 5.88 Å². The first-order valence-electron chi connectivity index (χ1n) is 5.21. The largest absolute Gasteiger partial charge is 0.480 e. The molecule has 0 saturated heterocycles. The van der Waals surface area contributed by atoms with Crippen LogP contribution >= 0.6 is 34.8 Å². The fourth-order valence-corrected chi connectivity index (χ4v) is 2.27. The minimum absolute atomic E-state index is 0.259. The van der Waals surface area contributed by atoms with Gasteiger partial charge in [-0.3, -0.25) is 4.79 Å². The lowest BCUT2D eigenvalue weighted by Gasteiger charge is -2.08. The van der Waals surface area contributed by atoms with Crippen LogP contribution in [0.3, 0.4) is 0 Å². The number of carbonyl (C=O) groups excluding carboxylic acids is 1. The van der Waals surface area contributed by atoms with Crippen molar-refractivity contribution >= 4 is 41.1 Å². The van der Waals surface area contributed by atoms with Crippen molar-refractivity contribution in [2.24, 2.45) is 0 Å². The monoisotopic (exact) mass is 315 g/mol. The second-order valence-corrected chi connectivity index (χ2v) is 4.91. The van der Waals surface area contributed by atoms with Crippen LogP contribution in [0.1, 0.15) is 10.4 Å². The average Bonchev–Trinajstić information content (AvgIpc) is 2.42. The van der Waals surface area contributed by atoms with Crippen molar-refractivity contribution in [1.82, 2.24) is 4.98 Å². The van der Waals surface area contributed by atoms with Crippen LogP contribution in [-0.2, 0) is 0 Å². The summed E-state index contributed by atoms with van der Waals surface area (Å²) in [6.07, 6.45) is 2.22. The molecule has 2 rings (SSSR count). The highest BCUT2D eigenvalue weighted by Gasteiger charge is 2.11. The van der Waals surface area contributed by atoms with Crippen LogP contribution in [0.2, 0.25) is 15.1 Å². The third-order valence-corrected chi connectivity index (χ3v) is 3.55. The molecule has 0 N–H and O–H groups in total. The topological polar surface area (TPSA) is 39.2 Å². The fourth-order valence-electron chi connectivity index (χ4n) is 1.62. The molecule has 19 heavy (non-hydrogen) atoms. The Balaban J connectivity index is 2.59. The van der Waals surface area contributed by atoms with Crippen LogP contribution in [0.25, 0.3) is 11.1 Å². The summed E-state index contributed by atoms with van der Waals surface area (Å²) >= 11 is 17.9. The first-order valence-corrected chi connectivity index (χ1v) is 6.34. The van der Waals surface area contributed by atoms with Crippen molar-refractivity contribution in [3.05, 3.63) is 45.0 Å². The number of aldehydes is 1. The zero-order chi connectivity index (χ0) is 14.0. The van der Waals surface area contributed by atoms with E-state index in [9.17, 15) is 4.79 Å². The Bertz CT molecular complexity index is 644. The molecule has 98 valence electrons. The molecule has 0 bridgehead atoms. The number of halogens is 3. The van der Waals surface area contributed by atoms with E-state index < -0.39 is 0 Å². The number of carbonyl (C=O) groups is 1. The molecule has 0 radical (unpaired) electrons. The van der Waals surface area contributed by atoms with Gasteiger partial charge in [0.1, 0.15) is 0 Å². The third-order valence-electron chi connectivity index (χ3n) is 2.52. The number of hydrogen-bond donors (Lipinski definition) is 0. The van der Waals surface area contributed by atoms with Crippen molar-refractivity contribution in [1.29, 1.82) is 0 Å². The first-order chi connectivity index (χ1) is 9.06. The predicted molar refractivity (Wildman–Crippen MR) is 76.6 cm³/mol. The van der Waals surface area contributed by atoms with Crippen LogP contribution in [0.4, 0.5) is 0 Å². The van der Waals surface area contributed by atoms with Crippen LogP contribution in [0.15, 0.2) is 24.4 Å². The van der Waals surface area contributed by atoms with Crippen LogP contribution in [-0.4, -0.2) is 18.4 Å². The maximum Gasteiger partial charge on any atom is 0.223 e. The van der Waals surface area contributed by atoms with Gasteiger partial charge in [-0.25, -0.2) is 4.98 Å². The van der Waals surface area contributed by atoms with Gasteiger partial charge in [-0.05, 0) is 18.2 Å². The lowest BCUT2D eigenvalue weighted by Crippen LogP contribution is -1.95. The molecule has 0 aliphatic carbocycles. The van der Waals surface area contributed by atoms with E-state index in [0.717, 1.165) is 0 Å². The van der Waals surface area contributed by atoms with Gasteiger partial charge < -0.3 is 4.74 Å². The minimum atomic E-state index is 0.259. The van der Waals surface area contributed by atoms with E-state index in [1.54, 1.807) is 24.4 Å². The highest BCUT2D eigenvalue weighted by molar-refractivity contribution is 6.44. The summed E-state index contributed by atoms with van der Waals surface area (Å²) in [4.78, 5) is 15.0. The van der Waals surface area contributed by atoms with Gasteiger partial charge >= 0.3 is 0 Å². The summed E-state index contributed by atoms with van der Waals surface area (Å²) < 4.78 is 4.98. The van der Waals surface area contributed by atoms with Gasteiger partial charge in [-0.2, -0.15) is 0 Å². The molecule has 0 unspecified atom stereocenters. The molecule has 0 amide bonds. The Morgan fingerprint density at radius 2 is 1.79 bits per heavy atom. The highest BCUT2D eigenvalue weighted by Crippen LogP contribution is 2.35. The lowest BCUT2D eigenvalue weighted by molar-refractivity contribution is 0.112. The molecule has 2 aromatic rings. The number of ether oxygens (including phenoxy) is 1. The number of aromatic nitrogens is 1. The molecule has 1 aromatic heterocycles. The SMILES string of the molecule is COc1ncc(-c2cc(Cl)c(Cl)cc2Cl)cc1C=O. The second-order valence-electron chi connectivity index (χ2n) is 3.69. The molecular formula is C13H8Cl3NO2. The van der Waals surface area contributed by atoms with E-state index in [0.29, 0.717) is 38.0 Å². The van der Waals surface area contributed by atoms with Crippen LogP contribution in [0, 0.1) is 0 Å². The zero-order valence-corrected chi connectivity index (χ0v) is 12.1. The molecule has 0 atom stereocenters. The molecular weight excluding hydrogens is 309 g/mol. The third kappa shape index (κ3) is 2.84. The van der Waals surface area contributed by atoms with Crippen molar-refractivity contribution < 1.29 is 9.53 Å². The van der Waals surface area contributed by atoms with E-state index in [1.165, 1.54) is 7.11 Å². The molecule has 0 spiro atoms. The number of rotatable bonds is 3. The summed E-state index contributed by atoms with van der Waals surface area (Å²) in [5.41, 5.74) is 1.64. The quantitative estimate of drug-likeness (QED) is 0.617. The molecule has 3 nitrogen and oxygen atoms in total. The zero-order valence-electron chi connectivity index (χ0n) is 9.78. The number of nitrogens with zero attached hydrogens (tertiary/aromatic N) is 1. The summed E-state index contributed by atoms with van der Waals surface area (Å²) in [5, 5.41) is 1.18. The predicted octanol–water partition coefficient (Wildman–Crippen LogP) is 4.53. The maximum absolute atomic E-state index is 11.0. The summed E-state index contributed by atoms with van der Waals surface area (Å²) in [7, 11) is 1.45. The Kier molecular flexibility index (Phi) is 4.30. The molecule has 1 aromatic carbocycles. The summed E-state index contributed by atoms with van der Waals surface area (Å²) in [5.74, 6) is 0.259. The van der Waals surface area contributed by atoms with Gasteiger partial charge in [0.05, 0.1) is 27.7 Å². The van der Waals surface area contributed by atoms with E-state index in [-0.39, 0.29) is 5.88 Å². The molecule has 6 heteroatoms. The van der Waals surface area contributed by atoms with Gasteiger partial charge in [0.15, 0.2) is 6.29 Å². The van der Waals surface area contributed by atoms with Gasteiger partial charge in [0.25, 0.3) is 0 Å². The van der Waals surface area contributed by atoms with Crippen molar-refractivity contribution in [2.75, 3.05) is 7.11 Å². The van der Waals surface area contributed by atoms with Crippen molar-refractivity contribution in [2.45, 2.75) is 0 Å². The van der Waals surface area contributed by atoms with Gasteiger partial charge in [0, 0.05) is 17.3 Å². The molecule has 0 aliphatic heterocycles. The molecule has 1 heterocycles. The van der Waals surface area contributed by atoms with Crippen LogP contribution < -0.4 is 4.74 Å². The number of hydrogen-bond acceptors (Lipinski definition) is 3. The summed E-state index contributed by atoms with van der Waals surface area (Å²) in [6.45, 7) is 0. The highest BCUT2D eigenvalue weighted by atomic mass is 35.5. The second kappa shape index (κ2) is 5.78. The summed E-state index contributed by atoms with van der Waals surface area (Å²) in [6, 6.07) is 4.81. The number of methoxy groups -OCH3 is 1. The normalized spacial score (nSPS) is 10.3. The van der Waals surface area contributed by atoms with E-state index in [1.807, 2.05) is 0 Å². The van der Waals surface area contributed by atoms with Crippen LogP contribution in [0.5, 0.6) is 5.88 Å². The Morgan fingerprint density at radius 1 is 1.11 bits per heavy atom. The molecule has 0 saturated carbocycles. The Hall–Kier alpha value is -1.29. The lowest BCUT2D eigenvalue weighted by atomic mass is 10.1. The average molecular weight is 317 g/mol. The smallest absolute Gasteiger partial charge is 0.223 e.